The smallest absolute Gasteiger partial charge is 0.253 e. The van der Waals surface area contributed by atoms with Crippen molar-refractivity contribution in [3.63, 3.8) is 0 Å². The van der Waals surface area contributed by atoms with Crippen molar-refractivity contribution in [2.75, 3.05) is 12.4 Å². The Morgan fingerprint density at radius 1 is 0.833 bits per heavy atom. The molecule has 3 nitrogen and oxygen atoms in total. The van der Waals surface area contributed by atoms with Gasteiger partial charge in [0.2, 0.25) is 0 Å². The standard InChI is InChI=1S/C21H20N2O/c1-22-21(24)19-14-8-13-18(17-11-6-3-7-12-17)20(19)23-15-16-9-4-2-5-10-16/h2-14,23H,15H2,1H3,(H,22,24). The van der Waals surface area contributed by atoms with Gasteiger partial charge in [-0.1, -0.05) is 72.8 Å². The fourth-order valence-electron chi connectivity index (χ4n) is 2.71. The summed E-state index contributed by atoms with van der Waals surface area (Å²) in [6, 6.07) is 26.1. The van der Waals surface area contributed by atoms with Crippen LogP contribution in [0.5, 0.6) is 0 Å². The number of anilines is 1. The molecule has 3 aromatic carbocycles. The van der Waals surface area contributed by atoms with Crippen LogP contribution < -0.4 is 10.6 Å². The van der Waals surface area contributed by atoms with Crippen LogP contribution in [-0.2, 0) is 6.54 Å². The lowest BCUT2D eigenvalue weighted by molar-refractivity contribution is 0.0964. The van der Waals surface area contributed by atoms with Gasteiger partial charge in [0.05, 0.1) is 11.3 Å². The van der Waals surface area contributed by atoms with E-state index in [4.69, 9.17) is 0 Å². The van der Waals surface area contributed by atoms with Crippen molar-refractivity contribution in [3.05, 3.63) is 90.0 Å². The Kier molecular flexibility index (Phi) is 4.92. The van der Waals surface area contributed by atoms with E-state index in [-0.39, 0.29) is 5.91 Å². The number of rotatable bonds is 5. The number of para-hydroxylation sites is 1. The summed E-state index contributed by atoms with van der Waals surface area (Å²) in [5.41, 5.74) is 4.77. The Morgan fingerprint density at radius 2 is 1.50 bits per heavy atom. The second-order valence-corrected chi connectivity index (χ2v) is 5.51. The monoisotopic (exact) mass is 316 g/mol. The van der Waals surface area contributed by atoms with Gasteiger partial charge in [-0.3, -0.25) is 4.79 Å². The van der Waals surface area contributed by atoms with Crippen molar-refractivity contribution >= 4 is 11.6 Å². The molecule has 3 rings (SSSR count). The molecule has 0 fully saturated rings. The highest BCUT2D eigenvalue weighted by Crippen LogP contribution is 2.31. The number of carbonyl (C=O) groups is 1. The summed E-state index contributed by atoms with van der Waals surface area (Å²) in [7, 11) is 1.65. The van der Waals surface area contributed by atoms with Gasteiger partial charge in [-0.15, -0.1) is 0 Å². The van der Waals surface area contributed by atoms with E-state index in [1.807, 2.05) is 54.6 Å². The van der Waals surface area contributed by atoms with Crippen LogP contribution >= 0.6 is 0 Å². The third-order valence-electron chi connectivity index (χ3n) is 3.93. The molecule has 0 aliphatic carbocycles. The molecule has 1 amide bonds. The molecule has 0 radical (unpaired) electrons. The molecule has 0 bridgehead atoms. The Labute approximate surface area is 142 Å². The lowest BCUT2D eigenvalue weighted by Crippen LogP contribution is -2.20. The van der Waals surface area contributed by atoms with Gasteiger partial charge < -0.3 is 10.6 Å². The van der Waals surface area contributed by atoms with Crippen LogP contribution in [0.4, 0.5) is 5.69 Å². The molecule has 0 heterocycles. The van der Waals surface area contributed by atoms with Crippen molar-refractivity contribution in [1.82, 2.24) is 5.32 Å². The van der Waals surface area contributed by atoms with E-state index in [0.717, 1.165) is 16.8 Å². The topological polar surface area (TPSA) is 41.1 Å². The van der Waals surface area contributed by atoms with E-state index in [1.54, 1.807) is 7.05 Å². The van der Waals surface area contributed by atoms with Crippen LogP contribution in [0.1, 0.15) is 15.9 Å². The number of carbonyl (C=O) groups excluding carboxylic acids is 1. The zero-order valence-corrected chi connectivity index (χ0v) is 13.6. The minimum Gasteiger partial charge on any atom is -0.380 e. The van der Waals surface area contributed by atoms with Gasteiger partial charge in [0.25, 0.3) is 5.91 Å². The molecule has 0 spiro atoms. The van der Waals surface area contributed by atoms with Gasteiger partial charge >= 0.3 is 0 Å². The first-order valence-electron chi connectivity index (χ1n) is 7.98. The van der Waals surface area contributed by atoms with Crippen molar-refractivity contribution in [2.45, 2.75) is 6.54 Å². The van der Waals surface area contributed by atoms with Gasteiger partial charge in [0.1, 0.15) is 0 Å². The highest BCUT2D eigenvalue weighted by atomic mass is 16.1. The Bertz CT molecular complexity index is 814. The van der Waals surface area contributed by atoms with Crippen LogP contribution in [0.15, 0.2) is 78.9 Å². The number of hydrogen-bond acceptors (Lipinski definition) is 2. The minimum atomic E-state index is -0.0941. The quantitative estimate of drug-likeness (QED) is 0.736. The fraction of sp³-hybridized carbons (Fsp3) is 0.0952. The first kappa shape index (κ1) is 15.8. The van der Waals surface area contributed by atoms with Crippen molar-refractivity contribution in [1.29, 1.82) is 0 Å². The number of nitrogens with one attached hydrogen (secondary N) is 2. The number of amides is 1. The second kappa shape index (κ2) is 7.47. The summed E-state index contributed by atoms with van der Waals surface area (Å²) < 4.78 is 0. The largest absolute Gasteiger partial charge is 0.380 e. The molecule has 0 aliphatic rings. The molecule has 0 saturated carbocycles. The average molecular weight is 316 g/mol. The zero-order valence-electron chi connectivity index (χ0n) is 13.6. The van der Waals surface area contributed by atoms with Crippen molar-refractivity contribution in [3.8, 4) is 11.1 Å². The maximum Gasteiger partial charge on any atom is 0.253 e. The van der Waals surface area contributed by atoms with Crippen molar-refractivity contribution < 1.29 is 4.79 Å². The molecule has 24 heavy (non-hydrogen) atoms. The van der Waals surface area contributed by atoms with E-state index < -0.39 is 0 Å². The van der Waals surface area contributed by atoms with E-state index in [1.165, 1.54) is 5.56 Å². The third-order valence-corrected chi connectivity index (χ3v) is 3.93. The molecule has 3 aromatic rings. The molecule has 0 saturated heterocycles. The lowest BCUT2D eigenvalue weighted by atomic mass is 9.99. The molecule has 120 valence electrons. The van der Waals surface area contributed by atoms with Crippen LogP contribution in [0.2, 0.25) is 0 Å². The summed E-state index contributed by atoms with van der Waals surface area (Å²) in [5, 5.41) is 6.17. The summed E-state index contributed by atoms with van der Waals surface area (Å²) in [5.74, 6) is -0.0941. The van der Waals surface area contributed by atoms with Crippen LogP contribution in [0.3, 0.4) is 0 Å². The van der Waals surface area contributed by atoms with Crippen molar-refractivity contribution in [2.24, 2.45) is 0 Å². The molecule has 0 unspecified atom stereocenters. The SMILES string of the molecule is CNC(=O)c1cccc(-c2ccccc2)c1NCc1ccccc1. The Balaban J connectivity index is 2.01. The van der Waals surface area contributed by atoms with Crippen LogP contribution in [0, 0.1) is 0 Å². The highest BCUT2D eigenvalue weighted by Gasteiger charge is 2.14. The predicted molar refractivity (Wildman–Crippen MR) is 99.0 cm³/mol. The molecular formula is C21H20N2O. The number of benzene rings is 3. The zero-order chi connectivity index (χ0) is 16.8. The maximum atomic E-state index is 12.3. The van der Waals surface area contributed by atoms with Crippen LogP contribution in [0.25, 0.3) is 11.1 Å². The van der Waals surface area contributed by atoms with E-state index in [0.29, 0.717) is 12.1 Å². The summed E-state index contributed by atoms with van der Waals surface area (Å²) in [6.07, 6.45) is 0. The summed E-state index contributed by atoms with van der Waals surface area (Å²) in [4.78, 5) is 12.3. The first-order chi connectivity index (χ1) is 11.8. The number of hydrogen-bond donors (Lipinski definition) is 2. The van der Waals surface area contributed by atoms with Gasteiger partial charge in [-0.25, -0.2) is 0 Å². The molecule has 0 atom stereocenters. The van der Waals surface area contributed by atoms with E-state index >= 15 is 0 Å². The maximum absolute atomic E-state index is 12.3. The predicted octanol–water partition coefficient (Wildman–Crippen LogP) is 4.33. The first-order valence-corrected chi connectivity index (χ1v) is 7.98. The summed E-state index contributed by atoms with van der Waals surface area (Å²) >= 11 is 0. The van der Waals surface area contributed by atoms with E-state index in [2.05, 4.69) is 34.9 Å². The van der Waals surface area contributed by atoms with Crippen LogP contribution in [-0.4, -0.2) is 13.0 Å². The molecule has 0 aromatic heterocycles. The molecular weight excluding hydrogens is 296 g/mol. The average Bonchev–Trinajstić information content (AvgIpc) is 2.67. The fourth-order valence-corrected chi connectivity index (χ4v) is 2.71. The van der Waals surface area contributed by atoms with Gasteiger partial charge in [-0.05, 0) is 17.2 Å². The van der Waals surface area contributed by atoms with Gasteiger partial charge in [0.15, 0.2) is 0 Å². The second-order valence-electron chi connectivity index (χ2n) is 5.51. The molecule has 0 aliphatic heterocycles. The minimum absolute atomic E-state index is 0.0941. The lowest BCUT2D eigenvalue weighted by Gasteiger charge is -2.16. The van der Waals surface area contributed by atoms with Gasteiger partial charge in [-0.2, -0.15) is 0 Å². The molecule has 2 N–H and O–H groups in total. The van der Waals surface area contributed by atoms with Gasteiger partial charge in [0, 0.05) is 19.2 Å². The highest BCUT2D eigenvalue weighted by molar-refractivity contribution is 6.03. The van der Waals surface area contributed by atoms with E-state index in [9.17, 15) is 4.79 Å². The normalized spacial score (nSPS) is 10.2. The Morgan fingerprint density at radius 3 is 2.17 bits per heavy atom. The summed E-state index contributed by atoms with van der Waals surface area (Å²) in [6.45, 7) is 0.661. The Hall–Kier alpha value is -3.07. The molecule has 3 heteroatoms. The third kappa shape index (κ3) is 3.46.